The van der Waals surface area contributed by atoms with Gasteiger partial charge in [-0.2, -0.15) is 17.6 Å². The summed E-state index contributed by atoms with van der Waals surface area (Å²) < 4.78 is 63.0. The quantitative estimate of drug-likeness (QED) is 0.651. The monoisotopic (exact) mass is 310 g/mol. The molecule has 0 aromatic rings. The first-order chi connectivity index (χ1) is 9.59. The van der Waals surface area contributed by atoms with Crippen LogP contribution in [0.3, 0.4) is 0 Å². The maximum atomic E-state index is 13.3. The zero-order valence-corrected chi connectivity index (χ0v) is 12.6. The predicted molar refractivity (Wildman–Crippen MR) is 70.2 cm³/mol. The molecule has 0 spiro atoms. The molecule has 122 valence electrons. The van der Waals surface area contributed by atoms with Crippen molar-refractivity contribution in [1.82, 2.24) is 0 Å². The summed E-state index contributed by atoms with van der Waals surface area (Å²) in [6.07, 6.45) is 3.23. The Morgan fingerprint density at radius 3 is 2.10 bits per heavy atom. The number of ether oxygens (including phenoxy) is 2. The Bertz CT molecular complexity index is 413. The average Bonchev–Trinajstić information content (AvgIpc) is 2.46. The Morgan fingerprint density at radius 2 is 1.62 bits per heavy atom. The molecule has 0 radical (unpaired) electrons. The Kier molecular flexibility index (Phi) is 4.19. The molecule has 0 bridgehead atoms. The van der Waals surface area contributed by atoms with E-state index in [9.17, 15) is 17.6 Å². The second-order valence-corrected chi connectivity index (χ2v) is 6.73. The third-order valence-corrected chi connectivity index (χ3v) is 4.52. The fourth-order valence-electron chi connectivity index (χ4n) is 3.19. The van der Waals surface area contributed by atoms with Crippen LogP contribution < -0.4 is 0 Å². The minimum atomic E-state index is -4.20. The highest BCUT2D eigenvalue weighted by atomic mass is 19.3. The van der Waals surface area contributed by atoms with Crippen LogP contribution in [0.5, 0.6) is 0 Å². The van der Waals surface area contributed by atoms with Gasteiger partial charge in [-0.05, 0) is 30.6 Å². The van der Waals surface area contributed by atoms with Crippen molar-refractivity contribution in [2.24, 2.45) is 11.3 Å². The van der Waals surface area contributed by atoms with Crippen molar-refractivity contribution in [2.75, 3.05) is 13.2 Å². The van der Waals surface area contributed by atoms with Crippen molar-refractivity contribution < 1.29 is 27.0 Å². The molecule has 1 saturated heterocycles. The molecule has 0 N–H and O–H groups in total. The Balaban J connectivity index is 2.24. The van der Waals surface area contributed by atoms with Crippen LogP contribution in [0.15, 0.2) is 11.5 Å². The van der Waals surface area contributed by atoms with Gasteiger partial charge in [0.1, 0.15) is 0 Å². The SMILES string of the molecule is CCC1(C)CC(=C2OCC(F)(F)C(F)(F)CO2)CC(C)C1. The molecule has 0 aromatic carbocycles. The number of hydrogen-bond donors (Lipinski definition) is 0. The maximum Gasteiger partial charge on any atom is 0.346 e. The minimum absolute atomic E-state index is 0.0318. The molecule has 0 aromatic heterocycles. The lowest BCUT2D eigenvalue weighted by Crippen LogP contribution is -2.45. The molecule has 2 unspecified atom stereocenters. The summed E-state index contributed by atoms with van der Waals surface area (Å²) in [5.74, 6) is -8.17. The van der Waals surface area contributed by atoms with Crippen LogP contribution in [0.25, 0.3) is 0 Å². The zero-order valence-electron chi connectivity index (χ0n) is 12.6. The van der Waals surface area contributed by atoms with E-state index in [2.05, 4.69) is 20.8 Å². The minimum Gasteiger partial charge on any atom is -0.459 e. The summed E-state index contributed by atoms with van der Waals surface area (Å²) in [7, 11) is 0. The van der Waals surface area contributed by atoms with Crippen molar-refractivity contribution >= 4 is 0 Å². The smallest absolute Gasteiger partial charge is 0.346 e. The average molecular weight is 310 g/mol. The van der Waals surface area contributed by atoms with E-state index in [0.29, 0.717) is 18.8 Å². The first kappa shape index (κ1) is 16.4. The maximum absolute atomic E-state index is 13.3. The van der Waals surface area contributed by atoms with Crippen LogP contribution in [0.2, 0.25) is 0 Å². The van der Waals surface area contributed by atoms with Crippen LogP contribution in [-0.4, -0.2) is 25.1 Å². The van der Waals surface area contributed by atoms with E-state index in [1.54, 1.807) is 0 Å². The van der Waals surface area contributed by atoms with Crippen molar-refractivity contribution in [2.45, 2.75) is 58.3 Å². The van der Waals surface area contributed by atoms with E-state index in [1.807, 2.05) is 0 Å². The molecule has 21 heavy (non-hydrogen) atoms. The summed E-state index contributed by atoms with van der Waals surface area (Å²) >= 11 is 0. The summed E-state index contributed by atoms with van der Waals surface area (Å²) in [6, 6.07) is 0. The zero-order chi connectivity index (χ0) is 15.9. The number of rotatable bonds is 1. The lowest BCUT2D eigenvalue weighted by molar-refractivity contribution is -0.222. The van der Waals surface area contributed by atoms with Crippen LogP contribution in [0.4, 0.5) is 17.6 Å². The lowest BCUT2D eigenvalue weighted by Gasteiger charge is -2.38. The fraction of sp³-hybridized carbons (Fsp3) is 0.867. The van der Waals surface area contributed by atoms with E-state index in [-0.39, 0.29) is 11.4 Å². The molecule has 2 atom stereocenters. The molecular weight excluding hydrogens is 288 g/mol. The van der Waals surface area contributed by atoms with Crippen LogP contribution >= 0.6 is 0 Å². The van der Waals surface area contributed by atoms with Gasteiger partial charge >= 0.3 is 11.8 Å². The van der Waals surface area contributed by atoms with E-state index < -0.39 is 25.1 Å². The third kappa shape index (κ3) is 3.29. The standard InChI is InChI=1S/C15H22F4O2/c1-4-13(3)6-10(2)5-11(7-13)12-20-8-14(16,17)15(18,19)9-21-12/h10H,4-9H2,1-3H3. The van der Waals surface area contributed by atoms with Crippen LogP contribution in [0, 0.1) is 11.3 Å². The van der Waals surface area contributed by atoms with E-state index >= 15 is 0 Å². The number of allylic oxidation sites excluding steroid dienone is 1. The van der Waals surface area contributed by atoms with Gasteiger partial charge < -0.3 is 9.47 Å². The molecule has 0 amide bonds. The second kappa shape index (κ2) is 5.36. The van der Waals surface area contributed by atoms with Gasteiger partial charge in [0.2, 0.25) is 0 Å². The second-order valence-electron chi connectivity index (χ2n) is 6.73. The van der Waals surface area contributed by atoms with Crippen LogP contribution in [0.1, 0.15) is 46.5 Å². The van der Waals surface area contributed by atoms with Crippen LogP contribution in [-0.2, 0) is 9.47 Å². The molecule has 1 saturated carbocycles. The van der Waals surface area contributed by atoms with Gasteiger partial charge in [-0.25, -0.2) is 0 Å². The largest absolute Gasteiger partial charge is 0.459 e. The molecule has 2 nitrogen and oxygen atoms in total. The molecule has 2 fully saturated rings. The highest BCUT2D eigenvalue weighted by Gasteiger charge is 2.59. The molecule has 2 aliphatic rings. The predicted octanol–water partition coefficient (Wildman–Crippen LogP) is 4.75. The summed E-state index contributed by atoms with van der Waals surface area (Å²) in [5, 5.41) is 0. The van der Waals surface area contributed by atoms with Gasteiger partial charge in [0, 0.05) is 5.57 Å². The topological polar surface area (TPSA) is 18.5 Å². The lowest BCUT2D eigenvalue weighted by atomic mass is 9.68. The highest BCUT2D eigenvalue weighted by Crippen LogP contribution is 2.46. The number of alkyl halides is 4. The van der Waals surface area contributed by atoms with Gasteiger partial charge in [-0.3, -0.25) is 0 Å². The Labute approximate surface area is 122 Å². The Morgan fingerprint density at radius 1 is 1.10 bits per heavy atom. The van der Waals surface area contributed by atoms with Crippen molar-refractivity contribution in [1.29, 1.82) is 0 Å². The van der Waals surface area contributed by atoms with Crippen molar-refractivity contribution in [3.8, 4) is 0 Å². The third-order valence-electron chi connectivity index (χ3n) is 4.52. The van der Waals surface area contributed by atoms with Gasteiger partial charge in [0.25, 0.3) is 5.95 Å². The van der Waals surface area contributed by atoms with Gasteiger partial charge in [-0.15, -0.1) is 0 Å². The van der Waals surface area contributed by atoms with Crippen molar-refractivity contribution in [3.05, 3.63) is 11.5 Å². The van der Waals surface area contributed by atoms with E-state index in [1.165, 1.54) is 0 Å². The number of halogens is 4. The molecule has 6 heteroatoms. The normalized spacial score (nSPS) is 35.7. The number of hydrogen-bond acceptors (Lipinski definition) is 2. The van der Waals surface area contributed by atoms with E-state index in [4.69, 9.17) is 9.47 Å². The Hall–Kier alpha value is -0.940. The summed E-state index contributed by atoms with van der Waals surface area (Å²) in [6.45, 7) is 3.57. The first-order valence-electron chi connectivity index (χ1n) is 7.32. The van der Waals surface area contributed by atoms with Crippen molar-refractivity contribution in [3.63, 3.8) is 0 Å². The molecule has 1 aliphatic carbocycles. The van der Waals surface area contributed by atoms with Gasteiger partial charge in [0.15, 0.2) is 13.2 Å². The molecule has 2 rings (SSSR count). The van der Waals surface area contributed by atoms with Gasteiger partial charge in [0.05, 0.1) is 0 Å². The van der Waals surface area contributed by atoms with Gasteiger partial charge in [-0.1, -0.05) is 27.2 Å². The molecule has 1 heterocycles. The molecule has 1 aliphatic heterocycles. The summed E-state index contributed by atoms with van der Waals surface area (Å²) in [4.78, 5) is 0. The summed E-state index contributed by atoms with van der Waals surface area (Å²) in [5.41, 5.74) is 0.774. The highest BCUT2D eigenvalue weighted by molar-refractivity contribution is 5.12. The van der Waals surface area contributed by atoms with E-state index in [0.717, 1.165) is 18.4 Å². The fourth-order valence-corrected chi connectivity index (χ4v) is 3.19. The molecular formula is C15H22F4O2. The first-order valence-corrected chi connectivity index (χ1v) is 7.32.